The molecule has 1 aromatic carbocycles. The minimum Gasteiger partial charge on any atom is -0.598 e. The summed E-state index contributed by atoms with van der Waals surface area (Å²) in [6, 6.07) is 7.30. The van der Waals surface area contributed by atoms with E-state index in [-0.39, 0.29) is 34.4 Å². The summed E-state index contributed by atoms with van der Waals surface area (Å²) < 4.78 is 57.3. The third-order valence-electron chi connectivity index (χ3n) is 6.43. The summed E-state index contributed by atoms with van der Waals surface area (Å²) in [5.41, 5.74) is 0.294. The van der Waals surface area contributed by atoms with E-state index in [1.807, 2.05) is 0 Å². The Kier molecular flexibility index (Phi) is 7.60. The topological polar surface area (TPSA) is 122 Å². The van der Waals surface area contributed by atoms with Gasteiger partial charge in [-0.2, -0.15) is 23.5 Å². The maximum Gasteiger partial charge on any atom is 0.412 e. The molecule has 3 aromatic rings. The van der Waals surface area contributed by atoms with Crippen LogP contribution in [0.1, 0.15) is 64.1 Å². The van der Waals surface area contributed by atoms with Gasteiger partial charge in [0.1, 0.15) is 10.1 Å². The van der Waals surface area contributed by atoms with Crippen molar-refractivity contribution in [2.24, 2.45) is 5.92 Å². The number of alkyl halides is 3. The summed E-state index contributed by atoms with van der Waals surface area (Å²) in [6.07, 6.45) is 0.157. The van der Waals surface area contributed by atoms with E-state index in [0.29, 0.717) is 5.52 Å². The first-order chi connectivity index (χ1) is 17.4. The number of fused-ring (bicyclic) bond motifs is 1. The molecule has 8 nitrogen and oxygen atoms in total. The number of nitrogens with zero attached hydrogens (tertiary/aromatic N) is 3. The van der Waals surface area contributed by atoms with Crippen molar-refractivity contribution in [2.45, 2.75) is 69.5 Å². The van der Waals surface area contributed by atoms with Crippen LogP contribution in [0.2, 0.25) is 0 Å². The van der Waals surface area contributed by atoms with Gasteiger partial charge in [0.2, 0.25) is 0 Å². The first-order valence-electron chi connectivity index (χ1n) is 12.0. The van der Waals surface area contributed by atoms with Crippen LogP contribution in [0.5, 0.6) is 0 Å². The molecule has 0 radical (unpaired) electrons. The summed E-state index contributed by atoms with van der Waals surface area (Å²) >= 11 is -1.96. The molecular formula is C25H29F3N6O2S. The summed E-state index contributed by atoms with van der Waals surface area (Å²) in [6.45, 7) is 4.76. The number of aromatic amines is 1. The summed E-state index contributed by atoms with van der Waals surface area (Å²) in [5.74, 6) is -0.0688. The van der Waals surface area contributed by atoms with Gasteiger partial charge in [-0.1, -0.05) is 25.0 Å². The molecule has 198 valence electrons. The summed E-state index contributed by atoms with van der Waals surface area (Å²) in [7, 11) is 0. The Hall–Kier alpha value is -3.01. The lowest BCUT2D eigenvalue weighted by molar-refractivity contribution is -0.153. The predicted molar refractivity (Wildman–Crippen MR) is 137 cm³/mol. The SMILES string of the molecule is CC(C)(C)[S@+]([O-])N[C@H](c1cccc(Nc2nn([C@H]3CCCC[C@@H]3C#N)c3cc[nH]c(=O)c23)c1)C(F)(F)F. The number of benzene rings is 1. The van der Waals surface area contributed by atoms with Crippen molar-refractivity contribution < 1.29 is 17.7 Å². The average molecular weight is 535 g/mol. The number of rotatable bonds is 6. The number of nitrogens with one attached hydrogen (secondary N) is 3. The van der Waals surface area contributed by atoms with Gasteiger partial charge in [-0.15, -0.1) is 4.72 Å². The standard InChI is InChI=1S/C25H29F3N6O2S/c1-24(2,3)37(36)33-21(25(26,27)28)15-8-6-9-17(13-15)31-22-20-19(11-12-30-23(20)35)34(32-22)18-10-5-4-7-16(18)14-29/h6,8-9,11-13,16,18,21,33H,4-5,7,10H2,1-3H3,(H,30,35)(H,31,32)/t16-,18+,21-,37+/m1/s1. The summed E-state index contributed by atoms with van der Waals surface area (Å²) in [5, 5.41) is 17.5. The van der Waals surface area contributed by atoms with E-state index in [0.717, 1.165) is 25.7 Å². The maximum atomic E-state index is 13.9. The van der Waals surface area contributed by atoms with Crippen LogP contribution in [0.25, 0.3) is 10.9 Å². The zero-order chi connectivity index (χ0) is 27.0. The van der Waals surface area contributed by atoms with Crippen molar-refractivity contribution in [3.63, 3.8) is 0 Å². The molecule has 1 fully saturated rings. The Bertz CT molecular complexity index is 1360. The van der Waals surface area contributed by atoms with Crippen molar-refractivity contribution in [3.05, 3.63) is 52.4 Å². The first-order valence-corrected chi connectivity index (χ1v) is 13.2. The minimum absolute atomic E-state index is 0.135. The smallest absolute Gasteiger partial charge is 0.412 e. The Morgan fingerprint density at radius 1 is 1.24 bits per heavy atom. The van der Waals surface area contributed by atoms with E-state index in [9.17, 15) is 27.8 Å². The number of aromatic nitrogens is 3. The second-order valence-corrected chi connectivity index (χ2v) is 12.2. The fraction of sp³-hybridized carbons (Fsp3) is 0.480. The zero-order valence-electron chi connectivity index (χ0n) is 20.7. The van der Waals surface area contributed by atoms with Gasteiger partial charge >= 0.3 is 6.18 Å². The molecule has 4 atom stereocenters. The zero-order valence-corrected chi connectivity index (χ0v) is 21.5. The van der Waals surface area contributed by atoms with Crippen molar-refractivity contribution >= 4 is 33.8 Å². The Morgan fingerprint density at radius 3 is 2.65 bits per heavy atom. The van der Waals surface area contributed by atoms with Gasteiger partial charge in [-0.3, -0.25) is 9.48 Å². The third kappa shape index (κ3) is 5.79. The average Bonchev–Trinajstić information content (AvgIpc) is 3.20. The predicted octanol–water partition coefficient (Wildman–Crippen LogP) is 5.38. The number of nitriles is 1. The Morgan fingerprint density at radius 2 is 1.97 bits per heavy atom. The van der Waals surface area contributed by atoms with Crippen molar-refractivity contribution in [1.29, 1.82) is 5.26 Å². The second-order valence-electron chi connectivity index (χ2n) is 10.2. The van der Waals surface area contributed by atoms with E-state index < -0.39 is 33.9 Å². The number of anilines is 2. The maximum absolute atomic E-state index is 13.9. The van der Waals surface area contributed by atoms with Crippen molar-refractivity contribution in [3.8, 4) is 6.07 Å². The molecule has 2 heterocycles. The molecule has 0 amide bonds. The van der Waals surface area contributed by atoms with Crippen LogP contribution in [-0.2, 0) is 11.4 Å². The minimum atomic E-state index is -4.70. The molecule has 1 aliphatic carbocycles. The van der Waals surface area contributed by atoms with Gasteiger partial charge in [0.15, 0.2) is 11.9 Å². The molecule has 3 N–H and O–H groups in total. The van der Waals surface area contributed by atoms with E-state index in [2.05, 4.69) is 26.2 Å². The van der Waals surface area contributed by atoms with Crippen molar-refractivity contribution in [2.75, 3.05) is 5.32 Å². The highest BCUT2D eigenvalue weighted by Gasteiger charge is 2.45. The van der Waals surface area contributed by atoms with Gasteiger partial charge in [-0.05, 0) is 57.4 Å². The van der Waals surface area contributed by atoms with Crippen LogP contribution in [0.4, 0.5) is 24.7 Å². The highest BCUT2D eigenvalue weighted by atomic mass is 32.2. The molecule has 1 aliphatic rings. The molecular weight excluding hydrogens is 505 g/mol. The molecule has 0 aliphatic heterocycles. The van der Waals surface area contributed by atoms with Gasteiger partial charge in [-0.25, -0.2) is 0 Å². The highest BCUT2D eigenvalue weighted by Crippen LogP contribution is 2.38. The molecule has 1 saturated carbocycles. The highest BCUT2D eigenvalue weighted by molar-refractivity contribution is 7.90. The number of pyridine rings is 1. The van der Waals surface area contributed by atoms with E-state index in [1.54, 1.807) is 37.6 Å². The monoisotopic (exact) mass is 534 g/mol. The van der Waals surface area contributed by atoms with Crippen LogP contribution in [0, 0.1) is 17.2 Å². The van der Waals surface area contributed by atoms with E-state index >= 15 is 0 Å². The Labute approximate surface area is 215 Å². The number of halogens is 3. The van der Waals surface area contributed by atoms with Crippen LogP contribution in [-0.4, -0.2) is 30.2 Å². The number of hydrogen-bond donors (Lipinski definition) is 3. The molecule has 4 rings (SSSR count). The molecule has 0 bridgehead atoms. The normalized spacial score (nSPS) is 20.4. The quantitative estimate of drug-likeness (QED) is 0.365. The lowest BCUT2D eigenvalue weighted by Crippen LogP contribution is -2.45. The first kappa shape index (κ1) is 27.0. The lowest BCUT2D eigenvalue weighted by Gasteiger charge is -2.29. The van der Waals surface area contributed by atoms with Crippen LogP contribution in [0.3, 0.4) is 0 Å². The largest absolute Gasteiger partial charge is 0.598 e. The summed E-state index contributed by atoms with van der Waals surface area (Å²) in [4.78, 5) is 15.4. The fourth-order valence-corrected chi connectivity index (χ4v) is 5.37. The van der Waals surface area contributed by atoms with Crippen LogP contribution >= 0.6 is 0 Å². The molecule has 0 spiro atoms. The van der Waals surface area contributed by atoms with Crippen molar-refractivity contribution in [1.82, 2.24) is 19.5 Å². The van der Waals surface area contributed by atoms with Gasteiger partial charge in [0, 0.05) is 23.2 Å². The fourth-order valence-electron chi connectivity index (χ4n) is 4.53. The number of hydrogen-bond acceptors (Lipinski definition) is 6. The second kappa shape index (κ2) is 10.4. The molecule has 37 heavy (non-hydrogen) atoms. The molecule has 2 aromatic heterocycles. The number of H-pyrrole nitrogens is 1. The molecule has 0 saturated heterocycles. The Balaban J connectivity index is 1.72. The van der Waals surface area contributed by atoms with Crippen LogP contribution < -0.4 is 15.6 Å². The van der Waals surface area contributed by atoms with Gasteiger partial charge < -0.3 is 14.9 Å². The molecule has 12 heteroatoms. The van der Waals surface area contributed by atoms with Gasteiger partial charge in [0.05, 0.1) is 23.5 Å². The molecule has 0 unspecified atom stereocenters. The van der Waals surface area contributed by atoms with Crippen LogP contribution in [0.15, 0.2) is 41.3 Å². The van der Waals surface area contributed by atoms with E-state index in [1.165, 1.54) is 24.4 Å². The van der Waals surface area contributed by atoms with E-state index in [4.69, 9.17) is 0 Å². The lowest BCUT2D eigenvalue weighted by atomic mass is 9.85. The third-order valence-corrected chi connectivity index (χ3v) is 7.99. The van der Waals surface area contributed by atoms with Gasteiger partial charge in [0.25, 0.3) is 5.56 Å².